The lowest BCUT2D eigenvalue weighted by Crippen LogP contribution is -2.32. The molecule has 0 spiro atoms. The van der Waals surface area contributed by atoms with Crippen LogP contribution >= 0.6 is 0 Å². The van der Waals surface area contributed by atoms with Gasteiger partial charge in [0.2, 0.25) is 0 Å². The number of hydrogen-bond acceptors (Lipinski definition) is 1. The first-order valence-electron chi connectivity index (χ1n) is 6.63. The van der Waals surface area contributed by atoms with Gasteiger partial charge in [-0.1, -0.05) is 39.0 Å². The zero-order valence-electron chi connectivity index (χ0n) is 9.60. The maximum atomic E-state index is 3.67. The van der Waals surface area contributed by atoms with Crippen molar-refractivity contribution in [2.75, 3.05) is 6.54 Å². The molecule has 2 unspecified atom stereocenters. The Morgan fingerprint density at radius 2 is 1.79 bits per heavy atom. The molecule has 0 bridgehead atoms. The summed E-state index contributed by atoms with van der Waals surface area (Å²) in [6, 6.07) is 0.862. The van der Waals surface area contributed by atoms with Crippen molar-refractivity contribution >= 4 is 0 Å². The van der Waals surface area contributed by atoms with Crippen LogP contribution in [0.1, 0.15) is 58.3 Å². The van der Waals surface area contributed by atoms with Gasteiger partial charge in [0.05, 0.1) is 0 Å². The molecule has 2 aliphatic carbocycles. The van der Waals surface area contributed by atoms with E-state index >= 15 is 0 Å². The van der Waals surface area contributed by atoms with Gasteiger partial charge in [0.1, 0.15) is 0 Å². The molecule has 1 N–H and O–H groups in total. The molecule has 1 nitrogen and oxygen atoms in total. The van der Waals surface area contributed by atoms with Gasteiger partial charge in [-0.15, -0.1) is 0 Å². The van der Waals surface area contributed by atoms with E-state index < -0.39 is 0 Å². The summed E-state index contributed by atoms with van der Waals surface area (Å²) in [7, 11) is 0. The molecule has 2 rings (SSSR count). The van der Waals surface area contributed by atoms with Crippen molar-refractivity contribution in [3.63, 3.8) is 0 Å². The Morgan fingerprint density at radius 1 is 1.00 bits per heavy atom. The summed E-state index contributed by atoms with van der Waals surface area (Å²) in [6.07, 6.45) is 12.0. The standard InChI is InChI=1S/C13H25N/c1-2-14-13-9-5-8-12(13)10-11-6-3-4-7-11/h11-14H,2-10H2,1H3. The number of nitrogens with one attached hydrogen (secondary N) is 1. The Morgan fingerprint density at radius 3 is 2.50 bits per heavy atom. The van der Waals surface area contributed by atoms with Crippen LogP contribution in [0.3, 0.4) is 0 Å². The molecule has 2 aliphatic rings. The fourth-order valence-electron chi connectivity index (χ4n) is 3.52. The van der Waals surface area contributed by atoms with E-state index in [2.05, 4.69) is 12.2 Å². The maximum absolute atomic E-state index is 3.67. The lowest BCUT2D eigenvalue weighted by Gasteiger charge is -2.23. The van der Waals surface area contributed by atoms with Crippen molar-refractivity contribution in [2.24, 2.45) is 11.8 Å². The van der Waals surface area contributed by atoms with Crippen molar-refractivity contribution in [1.29, 1.82) is 0 Å². The summed E-state index contributed by atoms with van der Waals surface area (Å²) in [5.41, 5.74) is 0. The summed E-state index contributed by atoms with van der Waals surface area (Å²) in [6.45, 7) is 3.40. The van der Waals surface area contributed by atoms with Gasteiger partial charge in [-0.2, -0.15) is 0 Å². The zero-order valence-corrected chi connectivity index (χ0v) is 9.60. The third kappa shape index (κ3) is 2.50. The van der Waals surface area contributed by atoms with Crippen LogP contribution in [0.15, 0.2) is 0 Å². The molecular weight excluding hydrogens is 170 g/mol. The van der Waals surface area contributed by atoms with E-state index in [1.807, 2.05) is 0 Å². The highest BCUT2D eigenvalue weighted by atomic mass is 14.9. The van der Waals surface area contributed by atoms with Gasteiger partial charge < -0.3 is 5.32 Å². The predicted octanol–water partition coefficient (Wildman–Crippen LogP) is 3.34. The third-order valence-corrected chi connectivity index (χ3v) is 4.24. The minimum atomic E-state index is 0.862. The highest BCUT2D eigenvalue weighted by molar-refractivity contribution is 4.85. The fourth-order valence-corrected chi connectivity index (χ4v) is 3.52. The molecule has 0 aliphatic heterocycles. The van der Waals surface area contributed by atoms with Crippen LogP contribution in [-0.4, -0.2) is 12.6 Å². The molecule has 2 fully saturated rings. The largest absolute Gasteiger partial charge is 0.314 e. The summed E-state index contributed by atoms with van der Waals surface area (Å²) >= 11 is 0. The highest BCUT2D eigenvalue weighted by Crippen LogP contribution is 2.36. The van der Waals surface area contributed by atoms with Crippen LogP contribution in [0.2, 0.25) is 0 Å². The molecule has 1 heteroatoms. The topological polar surface area (TPSA) is 12.0 Å². The molecule has 0 aromatic rings. The number of hydrogen-bond donors (Lipinski definition) is 1. The van der Waals surface area contributed by atoms with Crippen molar-refractivity contribution in [3.8, 4) is 0 Å². The van der Waals surface area contributed by atoms with E-state index in [1.165, 1.54) is 51.4 Å². The minimum absolute atomic E-state index is 0.862. The molecular formula is C13H25N. The summed E-state index contributed by atoms with van der Waals surface area (Å²) in [4.78, 5) is 0. The molecule has 14 heavy (non-hydrogen) atoms. The van der Waals surface area contributed by atoms with Gasteiger partial charge in [-0.3, -0.25) is 0 Å². The lowest BCUT2D eigenvalue weighted by atomic mass is 9.90. The summed E-state index contributed by atoms with van der Waals surface area (Å²) in [5.74, 6) is 2.09. The number of rotatable bonds is 4. The molecule has 0 radical (unpaired) electrons. The average molecular weight is 195 g/mol. The van der Waals surface area contributed by atoms with Gasteiger partial charge in [0.25, 0.3) is 0 Å². The van der Waals surface area contributed by atoms with Crippen molar-refractivity contribution < 1.29 is 0 Å². The SMILES string of the molecule is CCNC1CCCC1CC1CCCC1. The van der Waals surface area contributed by atoms with Crippen LogP contribution in [0.25, 0.3) is 0 Å². The molecule has 82 valence electrons. The molecule has 0 heterocycles. The predicted molar refractivity (Wildman–Crippen MR) is 61.4 cm³/mol. The first-order valence-corrected chi connectivity index (χ1v) is 6.63. The van der Waals surface area contributed by atoms with Crippen LogP contribution < -0.4 is 5.32 Å². The quantitative estimate of drug-likeness (QED) is 0.725. The fraction of sp³-hybridized carbons (Fsp3) is 1.00. The minimum Gasteiger partial charge on any atom is -0.314 e. The molecule has 0 saturated heterocycles. The first kappa shape index (κ1) is 10.5. The van der Waals surface area contributed by atoms with Crippen molar-refractivity contribution in [2.45, 2.75) is 64.3 Å². The van der Waals surface area contributed by atoms with Crippen LogP contribution in [0, 0.1) is 11.8 Å². The van der Waals surface area contributed by atoms with Gasteiger partial charge in [-0.25, -0.2) is 0 Å². The second kappa shape index (κ2) is 5.16. The van der Waals surface area contributed by atoms with Crippen LogP contribution in [0.5, 0.6) is 0 Å². The Labute approximate surface area is 88.7 Å². The second-order valence-corrected chi connectivity index (χ2v) is 5.24. The Hall–Kier alpha value is -0.0400. The zero-order chi connectivity index (χ0) is 9.80. The van der Waals surface area contributed by atoms with Gasteiger partial charge >= 0.3 is 0 Å². The second-order valence-electron chi connectivity index (χ2n) is 5.24. The van der Waals surface area contributed by atoms with Gasteiger partial charge in [0.15, 0.2) is 0 Å². The molecule has 2 atom stereocenters. The normalized spacial score (nSPS) is 34.1. The highest BCUT2D eigenvalue weighted by Gasteiger charge is 2.29. The van der Waals surface area contributed by atoms with E-state index in [-0.39, 0.29) is 0 Å². The Kier molecular flexibility index (Phi) is 3.86. The Balaban J connectivity index is 1.77. The van der Waals surface area contributed by atoms with Gasteiger partial charge in [0, 0.05) is 6.04 Å². The first-order chi connectivity index (χ1) is 6.90. The van der Waals surface area contributed by atoms with Crippen LogP contribution in [0.4, 0.5) is 0 Å². The maximum Gasteiger partial charge on any atom is 0.00953 e. The van der Waals surface area contributed by atoms with E-state index in [4.69, 9.17) is 0 Å². The van der Waals surface area contributed by atoms with E-state index in [1.54, 1.807) is 0 Å². The molecule has 2 saturated carbocycles. The summed E-state index contributed by atoms with van der Waals surface area (Å²) in [5, 5.41) is 3.67. The smallest absolute Gasteiger partial charge is 0.00953 e. The van der Waals surface area contributed by atoms with Crippen molar-refractivity contribution in [1.82, 2.24) is 5.32 Å². The van der Waals surface area contributed by atoms with E-state index in [0.717, 1.165) is 24.4 Å². The lowest BCUT2D eigenvalue weighted by molar-refractivity contribution is 0.323. The molecule has 0 amide bonds. The van der Waals surface area contributed by atoms with E-state index in [9.17, 15) is 0 Å². The summed E-state index contributed by atoms with van der Waals surface area (Å²) < 4.78 is 0. The average Bonchev–Trinajstić information content (AvgIpc) is 2.80. The van der Waals surface area contributed by atoms with Crippen LogP contribution in [-0.2, 0) is 0 Å². The molecule has 0 aromatic carbocycles. The third-order valence-electron chi connectivity index (χ3n) is 4.24. The van der Waals surface area contributed by atoms with Crippen molar-refractivity contribution in [3.05, 3.63) is 0 Å². The van der Waals surface area contributed by atoms with Gasteiger partial charge in [-0.05, 0) is 37.6 Å². The molecule has 0 aromatic heterocycles. The van der Waals surface area contributed by atoms with E-state index in [0.29, 0.717) is 0 Å². The Bertz CT molecular complexity index is 161. The monoisotopic (exact) mass is 195 g/mol.